The molecule has 0 bridgehead atoms. The maximum atomic E-state index is 11.5. The number of thiazole rings is 2. The van der Waals surface area contributed by atoms with Gasteiger partial charge in [0.05, 0.1) is 116 Å². The molecule has 0 amide bonds. The van der Waals surface area contributed by atoms with Gasteiger partial charge in [-0.2, -0.15) is 0 Å². The van der Waals surface area contributed by atoms with Crippen molar-refractivity contribution in [3.8, 4) is 23.0 Å². The van der Waals surface area contributed by atoms with E-state index in [1.165, 1.54) is 54.0 Å². The maximum Gasteiger partial charge on any atom is 0.338 e. The summed E-state index contributed by atoms with van der Waals surface area (Å²) in [6.07, 6.45) is 1.26. The Morgan fingerprint density at radius 1 is 0.514 bits per heavy atom. The summed E-state index contributed by atoms with van der Waals surface area (Å²) in [7, 11) is 2.37. The van der Waals surface area contributed by atoms with Crippen LogP contribution in [0.2, 0.25) is 0 Å². The number of aromatic hydroxyl groups is 2. The van der Waals surface area contributed by atoms with Crippen molar-refractivity contribution in [2.45, 2.75) is 26.7 Å². The molecule has 0 aliphatic carbocycles. The minimum absolute atomic E-state index is 0.0563. The average Bonchev–Trinajstić information content (AvgIpc) is 3.93. The lowest BCUT2D eigenvalue weighted by Gasteiger charge is -2.07. The van der Waals surface area contributed by atoms with Gasteiger partial charge in [-0.1, -0.05) is 0 Å². The Morgan fingerprint density at radius 3 is 1.16 bits per heavy atom. The van der Waals surface area contributed by atoms with Crippen molar-refractivity contribution in [2.75, 3.05) is 27.4 Å². The van der Waals surface area contributed by atoms with Crippen molar-refractivity contribution in [3.05, 3.63) is 168 Å². The fraction of sp³-hybridized carbons (Fsp3) is 0.190. The Morgan fingerprint density at radius 2 is 0.829 bits per heavy atom. The number of carboxylic acids is 2. The first-order valence-electron chi connectivity index (χ1n) is 19.3. The van der Waals surface area contributed by atoms with E-state index in [-0.39, 0.29) is 56.6 Å². The zero-order valence-electron chi connectivity index (χ0n) is 36.7. The second-order valence-electron chi connectivity index (χ2n) is 13.4. The van der Waals surface area contributed by atoms with E-state index in [1.54, 1.807) is 11.0 Å². The highest BCUT2D eigenvalue weighted by Gasteiger charge is 2.18. The molecule has 2 aromatic heterocycles. The Kier molecular flexibility index (Phi) is 20.7. The predicted molar refractivity (Wildman–Crippen MR) is 244 cm³/mol. The molecular formula is C42H38N6O20S2. The van der Waals surface area contributed by atoms with Crippen molar-refractivity contribution < 1.29 is 78.2 Å². The van der Waals surface area contributed by atoms with Crippen LogP contribution in [0.3, 0.4) is 0 Å². The van der Waals surface area contributed by atoms with Crippen LogP contribution in [0, 0.1) is 54.3 Å². The van der Waals surface area contributed by atoms with Crippen LogP contribution in [0.25, 0.3) is 0 Å². The number of aromatic carboxylic acids is 2. The van der Waals surface area contributed by atoms with E-state index in [1.807, 2.05) is 13.8 Å². The van der Waals surface area contributed by atoms with E-state index in [9.17, 15) is 59.6 Å². The van der Waals surface area contributed by atoms with E-state index in [0.29, 0.717) is 26.1 Å². The summed E-state index contributed by atoms with van der Waals surface area (Å²) in [5.74, 6) is -4.29. The molecule has 28 heteroatoms. The fourth-order valence-corrected chi connectivity index (χ4v) is 6.84. The molecule has 0 spiro atoms. The number of aromatic nitrogens is 2. The number of phenolic OH excluding ortho intramolecular Hbond substituents is 2. The summed E-state index contributed by atoms with van der Waals surface area (Å²) in [4.78, 5) is 93.9. The summed E-state index contributed by atoms with van der Waals surface area (Å²) in [6.45, 7) is 4.43. The van der Waals surface area contributed by atoms with Gasteiger partial charge in [-0.25, -0.2) is 29.1 Å². The molecule has 4 N–H and O–H groups in total. The summed E-state index contributed by atoms with van der Waals surface area (Å²) in [5.41, 5.74) is 3.58. The largest absolute Gasteiger partial charge is 0.508 e. The van der Waals surface area contributed by atoms with Gasteiger partial charge in [0.25, 0.3) is 22.7 Å². The Hall–Kier alpha value is -9.18. The van der Waals surface area contributed by atoms with Crippen LogP contribution in [0.1, 0.15) is 62.6 Å². The third-order valence-corrected chi connectivity index (χ3v) is 10.6. The molecule has 0 fully saturated rings. The number of nitro benzene ring substituents is 4. The van der Waals surface area contributed by atoms with E-state index in [2.05, 4.69) is 19.4 Å². The molecule has 6 aromatic rings. The van der Waals surface area contributed by atoms with Crippen molar-refractivity contribution in [2.24, 2.45) is 0 Å². The first-order chi connectivity index (χ1) is 33.0. The van der Waals surface area contributed by atoms with Gasteiger partial charge >= 0.3 is 23.9 Å². The quantitative estimate of drug-likeness (QED) is 0.0413. The first kappa shape index (κ1) is 55.1. The number of carbonyl (C=O) groups excluding carboxylic acids is 2. The molecular weight excluding hydrogens is 973 g/mol. The fourth-order valence-electron chi connectivity index (χ4n) is 5.32. The Bertz CT molecular complexity index is 2840. The molecule has 368 valence electrons. The number of methoxy groups -OCH3 is 2. The van der Waals surface area contributed by atoms with E-state index < -0.39 is 55.0 Å². The maximum absolute atomic E-state index is 11.5. The molecule has 0 saturated carbocycles. The highest BCUT2D eigenvalue weighted by Crippen LogP contribution is 2.26. The van der Waals surface area contributed by atoms with Gasteiger partial charge in [0.1, 0.15) is 23.0 Å². The minimum atomic E-state index is -1.32. The Balaban J connectivity index is 0.000000253. The minimum Gasteiger partial charge on any atom is -0.508 e. The number of aryl methyl sites for hydroxylation is 2. The van der Waals surface area contributed by atoms with Crippen LogP contribution in [-0.2, 0) is 22.3 Å². The molecule has 26 nitrogen and oxygen atoms in total. The Labute approximate surface area is 401 Å². The monoisotopic (exact) mass is 1010 g/mol. The standard InChI is InChI=1S/C14H14N2O5S.C13H12N2O5S.C8H7NO5.C7H5NO5/c1-9-13(22-8-15-9)3-4-21-12-6-10(14(17)20-2)5-11(7-12)16(18)19;1-8-12(21-7-14-8)2-3-20-11-5-9(13(16)17)4-10(6-11)15(18)19;1-14-8(11)5-2-6(9(12)13)4-7(10)3-5;9-6-2-4(7(10)11)1-5(3-6)8(12)13/h5-8H,3-4H2,1-2H3;4-7H,2-3H2,1H3,(H,16,17);2-4,10H,1H3;1-3,9H,(H,10,11). The summed E-state index contributed by atoms with van der Waals surface area (Å²) in [6, 6.07) is 13.1. The lowest BCUT2D eigenvalue weighted by atomic mass is 10.2. The van der Waals surface area contributed by atoms with Crippen molar-refractivity contribution in [1.82, 2.24) is 9.97 Å². The molecule has 2 heterocycles. The van der Waals surface area contributed by atoms with Crippen molar-refractivity contribution >= 4 is 69.3 Å². The van der Waals surface area contributed by atoms with Crippen molar-refractivity contribution in [3.63, 3.8) is 0 Å². The topological polar surface area (TPSA) is 384 Å². The van der Waals surface area contributed by atoms with Crippen LogP contribution in [-0.4, -0.2) is 101 Å². The van der Waals surface area contributed by atoms with Crippen LogP contribution < -0.4 is 9.47 Å². The van der Waals surface area contributed by atoms with Gasteiger partial charge in [0.2, 0.25) is 0 Å². The molecule has 0 aliphatic rings. The molecule has 0 saturated heterocycles. The van der Waals surface area contributed by atoms with E-state index in [0.717, 1.165) is 76.8 Å². The molecule has 0 aliphatic heterocycles. The number of nitrogens with zero attached hydrogens (tertiary/aromatic N) is 6. The van der Waals surface area contributed by atoms with Crippen LogP contribution in [0.5, 0.6) is 23.0 Å². The number of rotatable bonds is 16. The first-order valence-corrected chi connectivity index (χ1v) is 21.0. The predicted octanol–water partition coefficient (Wildman–Crippen LogP) is 7.53. The lowest BCUT2D eigenvalue weighted by Crippen LogP contribution is -2.05. The number of benzene rings is 4. The molecule has 70 heavy (non-hydrogen) atoms. The summed E-state index contributed by atoms with van der Waals surface area (Å²) >= 11 is 3.04. The number of hydrogen-bond donors (Lipinski definition) is 4. The number of carbonyl (C=O) groups is 4. The van der Waals surface area contributed by atoms with Gasteiger partial charge in [0.15, 0.2) is 0 Å². The van der Waals surface area contributed by atoms with E-state index in [4.69, 9.17) is 29.9 Å². The molecule has 0 unspecified atom stereocenters. The number of carboxylic acid groups (broad SMARTS) is 2. The van der Waals surface area contributed by atoms with Crippen molar-refractivity contribution in [1.29, 1.82) is 0 Å². The molecule has 4 aromatic carbocycles. The second kappa shape index (κ2) is 26.2. The lowest BCUT2D eigenvalue weighted by molar-refractivity contribution is -0.385. The summed E-state index contributed by atoms with van der Waals surface area (Å²) in [5, 5.41) is 77.7. The highest BCUT2D eigenvalue weighted by atomic mass is 32.1. The normalized spacial score (nSPS) is 10.0. The number of non-ortho nitro benzene ring substituents is 4. The van der Waals surface area contributed by atoms with Gasteiger partial charge < -0.3 is 39.4 Å². The zero-order valence-corrected chi connectivity index (χ0v) is 38.4. The third-order valence-electron chi connectivity index (χ3n) is 8.65. The van der Waals surface area contributed by atoms with E-state index >= 15 is 0 Å². The number of ether oxygens (including phenoxy) is 4. The smallest absolute Gasteiger partial charge is 0.338 e. The SMILES string of the molecule is COC(=O)c1cc(O)cc([N+](=O)[O-])c1.COC(=O)c1cc(OCCc2scnc2C)cc([N+](=O)[O-])c1.Cc1ncsc1CCOc1cc(C(=O)O)cc([N+](=O)[O-])c1.O=C(O)c1cc(O)cc([N+](=O)[O-])c1. The number of nitro groups is 4. The van der Waals surface area contributed by atoms with Crippen LogP contribution >= 0.6 is 22.7 Å². The number of hydrogen-bond acceptors (Lipinski definition) is 22. The molecule has 0 radical (unpaired) electrons. The second-order valence-corrected chi connectivity index (χ2v) is 15.3. The van der Waals surface area contributed by atoms with Crippen LogP contribution in [0.4, 0.5) is 22.7 Å². The van der Waals surface area contributed by atoms with Gasteiger partial charge in [-0.15, -0.1) is 22.7 Å². The van der Waals surface area contributed by atoms with Gasteiger partial charge in [0, 0.05) is 46.9 Å². The average molecular weight is 1010 g/mol. The van der Waals surface area contributed by atoms with Gasteiger partial charge in [-0.05, 0) is 38.1 Å². The number of esters is 2. The van der Waals surface area contributed by atoms with Crippen LogP contribution in [0.15, 0.2) is 83.8 Å². The van der Waals surface area contributed by atoms with Gasteiger partial charge in [-0.3, -0.25) is 40.5 Å². The molecule has 6 rings (SSSR count). The summed E-state index contributed by atoms with van der Waals surface area (Å²) < 4.78 is 19.9. The number of phenols is 2. The zero-order chi connectivity index (χ0) is 52.2. The highest BCUT2D eigenvalue weighted by molar-refractivity contribution is 7.10. The third kappa shape index (κ3) is 17.2. The molecule has 0 atom stereocenters.